The van der Waals surface area contributed by atoms with Crippen LogP contribution in [-0.2, 0) is 6.42 Å². The van der Waals surface area contributed by atoms with E-state index < -0.39 is 0 Å². The fraction of sp³-hybridized carbons (Fsp3) is 0.111. The van der Waals surface area contributed by atoms with E-state index in [9.17, 15) is 0 Å². The summed E-state index contributed by atoms with van der Waals surface area (Å²) in [5.41, 5.74) is 12.7. The van der Waals surface area contributed by atoms with E-state index in [1.165, 1.54) is 0 Å². The van der Waals surface area contributed by atoms with Crippen molar-refractivity contribution in [1.29, 1.82) is 0 Å². The lowest BCUT2D eigenvalue weighted by Crippen LogP contribution is -1.92. The van der Waals surface area contributed by atoms with Crippen LogP contribution in [0.3, 0.4) is 0 Å². The summed E-state index contributed by atoms with van der Waals surface area (Å²) in [5.74, 6) is 0.650. The van der Waals surface area contributed by atoms with Gasteiger partial charge in [0.05, 0.1) is 6.42 Å². The first-order valence-electron chi connectivity index (χ1n) is 4.16. The Hall–Kier alpha value is -2.04. The van der Waals surface area contributed by atoms with Crippen molar-refractivity contribution >= 4 is 11.6 Å². The topological polar surface area (TPSA) is 91.0 Å². The zero-order valence-corrected chi connectivity index (χ0v) is 7.47. The van der Waals surface area contributed by atoms with E-state index in [1.54, 1.807) is 0 Å². The van der Waals surface area contributed by atoms with Crippen molar-refractivity contribution in [2.75, 3.05) is 11.5 Å². The molecule has 1 aromatic carbocycles. The summed E-state index contributed by atoms with van der Waals surface area (Å²) in [5, 5.41) is 3.50. The first kappa shape index (κ1) is 8.55. The maximum Gasteiger partial charge on any atom is 0.260 e. The first-order valence-corrected chi connectivity index (χ1v) is 4.16. The molecule has 0 saturated heterocycles. The summed E-state index contributed by atoms with van der Waals surface area (Å²) < 4.78 is 4.88. The number of nitrogen functional groups attached to an aromatic ring is 2. The molecule has 0 saturated carbocycles. The Bertz CT molecular complexity index is 438. The Labute approximate surface area is 80.7 Å². The highest BCUT2D eigenvalue weighted by Gasteiger charge is 2.04. The second-order valence-corrected chi connectivity index (χ2v) is 2.97. The van der Waals surface area contributed by atoms with Crippen LogP contribution in [0.4, 0.5) is 11.6 Å². The summed E-state index contributed by atoms with van der Waals surface area (Å²) >= 11 is 0. The van der Waals surface area contributed by atoms with E-state index in [0.29, 0.717) is 12.3 Å². The van der Waals surface area contributed by atoms with Crippen LogP contribution in [0, 0.1) is 0 Å². The minimum absolute atomic E-state index is 0.156. The number of nitrogens with two attached hydrogens (primary N) is 2. The predicted molar refractivity (Wildman–Crippen MR) is 52.4 cm³/mol. The van der Waals surface area contributed by atoms with Gasteiger partial charge in [-0.1, -0.05) is 12.1 Å². The van der Waals surface area contributed by atoms with Gasteiger partial charge >= 0.3 is 0 Å². The number of nitrogens with zero attached hydrogens (tertiary/aromatic N) is 2. The van der Waals surface area contributed by atoms with Crippen LogP contribution in [0.25, 0.3) is 0 Å². The van der Waals surface area contributed by atoms with Gasteiger partial charge in [-0.15, -0.1) is 0 Å². The number of aromatic nitrogens is 2. The normalized spacial score (nSPS) is 10.3. The molecule has 0 amide bonds. The molecule has 14 heavy (non-hydrogen) atoms. The average molecular weight is 190 g/mol. The Morgan fingerprint density at radius 3 is 2.79 bits per heavy atom. The maximum absolute atomic E-state index is 5.63. The van der Waals surface area contributed by atoms with Crippen molar-refractivity contribution in [2.45, 2.75) is 6.42 Å². The number of anilines is 2. The number of rotatable bonds is 2. The van der Waals surface area contributed by atoms with E-state index >= 15 is 0 Å². The van der Waals surface area contributed by atoms with Crippen LogP contribution in [0.5, 0.6) is 0 Å². The van der Waals surface area contributed by atoms with Gasteiger partial charge in [0.15, 0.2) is 0 Å². The van der Waals surface area contributed by atoms with Crippen LogP contribution in [-0.4, -0.2) is 10.1 Å². The van der Waals surface area contributed by atoms with Crippen LogP contribution in [0.15, 0.2) is 28.8 Å². The Balaban J connectivity index is 2.18. The van der Waals surface area contributed by atoms with E-state index in [4.69, 9.17) is 16.0 Å². The SMILES string of the molecule is Nc1cccc(Cc2nc(N)no2)c1. The number of hydrogen-bond acceptors (Lipinski definition) is 5. The first-order chi connectivity index (χ1) is 6.74. The molecule has 5 heteroatoms. The molecule has 0 fully saturated rings. The fourth-order valence-electron chi connectivity index (χ4n) is 1.22. The molecule has 0 aliphatic carbocycles. The van der Waals surface area contributed by atoms with Crippen molar-refractivity contribution < 1.29 is 4.52 Å². The van der Waals surface area contributed by atoms with Gasteiger partial charge in [0.25, 0.3) is 5.95 Å². The molecular weight excluding hydrogens is 180 g/mol. The van der Waals surface area contributed by atoms with E-state index in [-0.39, 0.29) is 5.95 Å². The van der Waals surface area contributed by atoms with Gasteiger partial charge < -0.3 is 16.0 Å². The number of hydrogen-bond donors (Lipinski definition) is 2. The average Bonchev–Trinajstić information content (AvgIpc) is 2.51. The third-order valence-corrected chi connectivity index (χ3v) is 1.79. The van der Waals surface area contributed by atoms with Crippen molar-refractivity contribution in [2.24, 2.45) is 0 Å². The molecule has 1 heterocycles. The molecule has 0 spiro atoms. The summed E-state index contributed by atoms with van der Waals surface area (Å²) in [7, 11) is 0. The second kappa shape index (κ2) is 3.37. The molecule has 0 atom stereocenters. The Morgan fingerprint density at radius 2 is 2.14 bits per heavy atom. The molecule has 0 aliphatic heterocycles. The molecule has 0 aliphatic rings. The summed E-state index contributed by atoms with van der Waals surface area (Å²) in [4.78, 5) is 3.89. The zero-order chi connectivity index (χ0) is 9.97. The molecule has 0 radical (unpaired) electrons. The second-order valence-electron chi connectivity index (χ2n) is 2.97. The lowest BCUT2D eigenvalue weighted by atomic mass is 10.1. The van der Waals surface area contributed by atoms with E-state index in [0.717, 1.165) is 11.3 Å². The highest BCUT2D eigenvalue weighted by atomic mass is 16.5. The van der Waals surface area contributed by atoms with E-state index in [1.807, 2.05) is 24.3 Å². The molecule has 0 unspecified atom stereocenters. The molecule has 2 rings (SSSR count). The van der Waals surface area contributed by atoms with Crippen molar-refractivity contribution in [3.05, 3.63) is 35.7 Å². The Kier molecular flexibility index (Phi) is 2.06. The van der Waals surface area contributed by atoms with E-state index in [2.05, 4.69) is 10.1 Å². The quantitative estimate of drug-likeness (QED) is 0.684. The third kappa shape index (κ3) is 1.82. The van der Waals surface area contributed by atoms with Gasteiger partial charge in [0.1, 0.15) is 0 Å². The largest absolute Gasteiger partial charge is 0.399 e. The van der Waals surface area contributed by atoms with Gasteiger partial charge in [-0.3, -0.25) is 0 Å². The lowest BCUT2D eigenvalue weighted by Gasteiger charge is -1.97. The molecule has 72 valence electrons. The molecule has 2 aromatic rings. The summed E-state index contributed by atoms with van der Waals surface area (Å²) in [6, 6.07) is 7.51. The zero-order valence-electron chi connectivity index (χ0n) is 7.47. The lowest BCUT2D eigenvalue weighted by molar-refractivity contribution is 0.386. The Morgan fingerprint density at radius 1 is 1.29 bits per heavy atom. The van der Waals surface area contributed by atoms with Crippen LogP contribution < -0.4 is 11.5 Å². The highest BCUT2D eigenvalue weighted by Crippen LogP contribution is 2.11. The van der Waals surface area contributed by atoms with Crippen LogP contribution >= 0.6 is 0 Å². The summed E-state index contributed by atoms with van der Waals surface area (Å²) in [6.45, 7) is 0. The van der Waals surface area contributed by atoms with Gasteiger partial charge in [-0.25, -0.2) is 0 Å². The van der Waals surface area contributed by atoms with Gasteiger partial charge in [-0.05, 0) is 22.9 Å². The smallest absolute Gasteiger partial charge is 0.260 e. The molecule has 4 N–H and O–H groups in total. The van der Waals surface area contributed by atoms with Crippen molar-refractivity contribution in [3.63, 3.8) is 0 Å². The minimum atomic E-state index is 0.156. The van der Waals surface area contributed by atoms with Gasteiger partial charge in [-0.2, -0.15) is 4.98 Å². The highest BCUT2D eigenvalue weighted by molar-refractivity contribution is 5.41. The number of benzene rings is 1. The maximum atomic E-state index is 5.63. The predicted octanol–water partition coefficient (Wildman–Crippen LogP) is 0.825. The van der Waals surface area contributed by atoms with Crippen molar-refractivity contribution in [3.8, 4) is 0 Å². The van der Waals surface area contributed by atoms with Gasteiger partial charge in [0.2, 0.25) is 5.89 Å². The molecule has 0 bridgehead atoms. The fourth-order valence-corrected chi connectivity index (χ4v) is 1.22. The molecular formula is C9H10N4O. The van der Waals surface area contributed by atoms with Crippen LogP contribution in [0.2, 0.25) is 0 Å². The minimum Gasteiger partial charge on any atom is -0.399 e. The molecule has 5 nitrogen and oxygen atoms in total. The van der Waals surface area contributed by atoms with Crippen LogP contribution in [0.1, 0.15) is 11.5 Å². The summed E-state index contributed by atoms with van der Waals surface area (Å²) in [6.07, 6.45) is 0.551. The van der Waals surface area contributed by atoms with Gasteiger partial charge in [0, 0.05) is 5.69 Å². The van der Waals surface area contributed by atoms with Crippen molar-refractivity contribution in [1.82, 2.24) is 10.1 Å². The molecule has 1 aromatic heterocycles. The monoisotopic (exact) mass is 190 g/mol. The standard InChI is InChI=1S/C9H10N4O/c10-7-3-1-2-6(4-7)5-8-12-9(11)13-14-8/h1-4H,5,10H2,(H2,11,13). The third-order valence-electron chi connectivity index (χ3n) is 1.79.